The molecule has 0 spiro atoms. The van der Waals surface area contributed by atoms with Crippen molar-refractivity contribution in [2.24, 2.45) is 0 Å². The molecule has 0 bridgehead atoms. The first kappa shape index (κ1) is 3.85. The summed E-state index contributed by atoms with van der Waals surface area (Å²) in [4.78, 5) is 0. The number of hydrogen-bond acceptors (Lipinski definition) is 2. The minimum Gasteiger partial charge on any atom is -0.805 e. The first-order valence-corrected chi connectivity index (χ1v) is 0.712. The van der Waals surface area contributed by atoms with Crippen LogP contribution in [0.1, 0.15) is 0 Å². The van der Waals surface area contributed by atoms with E-state index in [0.717, 1.165) is 0 Å². The minimum absolute atomic E-state index is 2.92. The van der Waals surface area contributed by atoms with E-state index >= 15 is 0 Å². The zero-order valence-electron chi connectivity index (χ0n) is 1.81. The molecule has 0 aromatic heterocycles. The van der Waals surface area contributed by atoms with E-state index in [-0.39, 0.29) is 0 Å². The number of alkyl halides is 1. The highest BCUT2D eigenvalue weighted by atomic mass is 19.2. The lowest BCUT2D eigenvalue weighted by atomic mass is 11.4. The summed E-state index contributed by atoms with van der Waals surface area (Å²) in [7, 11) is 0. The van der Waals surface area contributed by atoms with E-state index in [9.17, 15) is 4.39 Å². The lowest BCUT2D eigenvalue weighted by Crippen LogP contribution is -2.16. The number of hydrogen-bond donors (Lipinski definition) is 1. The average Bonchev–Trinajstić information content (AvgIpc) is 0.811. The van der Waals surface area contributed by atoms with Gasteiger partial charge in [-0.1, -0.05) is 0 Å². The maximum atomic E-state index is 10.0. The summed E-state index contributed by atoms with van der Waals surface area (Å²) >= 11 is 0. The molecule has 1 unspecified atom stereocenters. The van der Waals surface area contributed by atoms with Crippen LogP contribution in [0.2, 0.25) is 0 Å². The van der Waals surface area contributed by atoms with Crippen LogP contribution in [0.15, 0.2) is 0 Å². The predicted molar refractivity (Wildman–Crippen MR) is 7.11 cm³/mol. The van der Waals surface area contributed by atoms with Crippen molar-refractivity contribution in [2.75, 3.05) is 0 Å². The van der Waals surface area contributed by atoms with Crippen LogP contribution in [0, 0.1) is 0 Å². The van der Waals surface area contributed by atoms with Gasteiger partial charge in [-0.05, 0) is 0 Å². The Bertz CT molecular complexity index is 10.8. The fraction of sp³-hybridized carbons (Fsp3) is 1.00. The molecule has 0 aliphatic heterocycles. The second-order valence-electron chi connectivity index (χ2n) is 0.292. The Labute approximate surface area is 22.5 Å². The van der Waals surface area contributed by atoms with Crippen molar-refractivity contribution in [1.29, 1.82) is 0 Å². The first-order chi connectivity index (χ1) is 1.73. The largest absolute Gasteiger partial charge is 0.805 e. The molecule has 1 atom stereocenters. The summed E-state index contributed by atoms with van der Waals surface area (Å²) in [6.07, 6.45) is 0. The van der Waals surface area contributed by atoms with Crippen LogP contribution < -0.4 is 5.11 Å². The third-order valence-corrected chi connectivity index (χ3v) is 0. The predicted octanol–water partition coefficient (Wildman–Crippen LogP) is -1.41. The molecule has 4 heavy (non-hydrogen) atoms. The van der Waals surface area contributed by atoms with Gasteiger partial charge in [0.1, 0.15) is 6.54 Å². The van der Waals surface area contributed by atoms with E-state index in [0.29, 0.717) is 0 Å². The fourth-order valence-electron chi connectivity index (χ4n) is 0. The van der Waals surface area contributed by atoms with Gasteiger partial charge in [0.2, 0.25) is 0 Å². The maximum Gasteiger partial charge on any atom is 0.128 e. The topological polar surface area (TPSA) is 43.3 Å². The Hall–Kier alpha value is -0.150. The third-order valence-electron chi connectivity index (χ3n) is 0. The lowest BCUT2D eigenvalue weighted by molar-refractivity contribution is -0.524. The van der Waals surface area contributed by atoms with Crippen molar-refractivity contribution in [1.82, 2.24) is 0 Å². The van der Waals surface area contributed by atoms with Gasteiger partial charge < -0.3 is 10.2 Å². The molecule has 3 heteroatoms. The van der Waals surface area contributed by atoms with Crippen LogP contribution in [0.25, 0.3) is 0 Å². The summed E-state index contributed by atoms with van der Waals surface area (Å²) in [5.74, 6) is 0. The summed E-state index contributed by atoms with van der Waals surface area (Å²) in [5, 5.41) is 15.2. The molecular formula is CH2FO2-. The van der Waals surface area contributed by atoms with E-state index < -0.39 is 6.54 Å². The van der Waals surface area contributed by atoms with Gasteiger partial charge in [0.25, 0.3) is 0 Å². The van der Waals surface area contributed by atoms with Crippen molar-refractivity contribution in [3.63, 3.8) is 0 Å². The third kappa shape index (κ3) is 59.4. The van der Waals surface area contributed by atoms with Gasteiger partial charge in [-0.2, -0.15) is 0 Å². The molecule has 0 aromatic carbocycles. The zero-order chi connectivity index (χ0) is 3.58. The smallest absolute Gasteiger partial charge is 0.128 e. The number of aliphatic hydroxyl groups is 1. The molecule has 0 radical (unpaired) electrons. The van der Waals surface area contributed by atoms with Gasteiger partial charge in [-0.3, -0.25) is 0 Å². The quantitative estimate of drug-likeness (QED) is 0.352. The van der Waals surface area contributed by atoms with Crippen LogP contribution in [0.4, 0.5) is 4.39 Å². The number of halogens is 1. The summed E-state index contributed by atoms with van der Waals surface area (Å²) in [5.41, 5.74) is 0. The minimum atomic E-state index is -2.92. The van der Waals surface area contributed by atoms with Crippen molar-refractivity contribution >= 4 is 0 Å². The zero-order valence-corrected chi connectivity index (χ0v) is 1.81. The van der Waals surface area contributed by atoms with Crippen molar-refractivity contribution < 1.29 is 14.6 Å². The van der Waals surface area contributed by atoms with E-state index in [4.69, 9.17) is 10.2 Å². The molecule has 26 valence electrons. The Kier molecular flexibility index (Phi) is 1.16. The Morgan fingerprint density at radius 2 is 2.00 bits per heavy atom. The van der Waals surface area contributed by atoms with Gasteiger partial charge in [-0.15, -0.1) is 0 Å². The van der Waals surface area contributed by atoms with Gasteiger partial charge in [-0.25, -0.2) is 4.39 Å². The fourth-order valence-corrected chi connectivity index (χ4v) is 0. The van der Waals surface area contributed by atoms with Gasteiger partial charge in [0.05, 0.1) is 0 Å². The van der Waals surface area contributed by atoms with E-state index in [1.54, 1.807) is 0 Å². The lowest BCUT2D eigenvalue weighted by Gasteiger charge is -1.95. The molecule has 2 nitrogen and oxygen atoms in total. The monoisotopic (exact) mass is 65.0 g/mol. The molecule has 0 saturated heterocycles. The van der Waals surface area contributed by atoms with Crippen molar-refractivity contribution in [2.45, 2.75) is 6.54 Å². The molecule has 0 aliphatic rings. The van der Waals surface area contributed by atoms with E-state index in [1.807, 2.05) is 0 Å². The van der Waals surface area contributed by atoms with Gasteiger partial charge in [0.15, 0.2) is 0 Å². The molecule has 0 aliphatic carbocycles. The van der Waals surface area contributed by atoms with Crippen LogP contribution in [-0.4, -0.2) is 11.7 Å². The molecule has 1 N–H and O–H groups in total. The van der Waals surface area contributed by atoms with Crippen LogP contribution in [0.3, 0.4) is 0 Å². The summed E-state index contributed by atoms with van der Waals surface area (Å²) in [6, 6.07) is 0. The summed E-state index contributed by atoms with van der Waals surface area (Å²) in [6.45, 7) is -2.92. The highest BCUT2D eigenvalue weighted by molar-refractivity contribution is 3.73. The molecule has 0 amide bonds. The normalized spacial score (nSPS) is 15.8. The second-order valence-corrected chi connectivity index (χ2v) is 0.292. The van der Waals surface area contributed by atoms with Gasteiger partial charge >= 0.3 is 0 Å². The number of aliphatic hydroxyl groups excluding tert-OH is 1. The summed E-state index contributed by atoms with van der Waals surface area (Å²) < 4.78 is 10.0. The average molecular weight is 65.0 g/mol. The molecule has 0 rings (SSSR count). The maximum absolute atomic E-state index is 10.0. The molecule has 0 aromatic rings. The van der Waals surface area contributed by atoms with Crippen molar-refractivity contribution in [3.8, 4) is 0 Å². The molecular weight excluding hydrogens is 63.0 g/mol. The van der Waals surface area contributed by atoms with E-state index in [2.05, 4.69) is 0 Å². The molecule has 0 saturated carbocycles. The molecule has 0 heterocycles. The first-order valence-electron chi connectivity index (χ1n) is 0.712. The van der Waals surface area contributed by atoms with Crippen LogP contribution >= 0.6 is 0 Å². The van der Waals surface area contributed by atoms with E-state index in [1.165, 1.54) is 0 Å². The molecule has 0 fully saturated rings. The standard InChI is InChI=1S/CH2FO2/c2-1(3)4/h1,3H/q-1. The highest BCUT2D eigenvalue weighted by Gasteiger charge is 1.60. The van der Waals surface area contributed by atoms with Gasteiger partial charge in [0, 0.05) is 0 Å². The Morgan fingerprint density at radius 1 is 2.00 bits per heavy atom. The van der Waals surface area contributed by atoms with Crippen LogP contribution in [-0.2, 0) is 0 Å². The second kappa shape index (κ2) is 1.20. The highest BCUT2D eigenvalue weighted by Crippen LogP contribution is 1.57. The number of rotatable bonds is 0. The SMILES string of the molecule is [O-]C(O)F. The Balaban J connectivity index is 2.32. The Morgan fingerprint density at radius 3 is 2.00 bits per heavy atom. The van der Waals surface area contributed by atoms with Crippen LogP contribution in [0.5, 0.6) is 0 Å². The van der Waals surface area contributed by atoms with Crippen molar-refractivity contribution in [3.05, 3.63) is 0 Å².